The van der Waals surface area contributed by atoms with Crippen molar-refractivity contribution in [3.8, 4) is 0 Å². The highest BCUT2D eigenvalue weighted by Crippen LogP contribution is 2.24. The van der Waals surface area contributed by atoms with Gasteiger partial charge in [-0.2, -0.15) is 0 Å². The van der Waals surface area contributed by atoms with Crippen molar-refractivity contribution in [1.82, 2.24) is 10.6 Å². The molecular weight excluding hydrogens is 280 g/mol. The van der Waals surface area contributed by atoms with Gasteiger partial charge in [-0.25, -0.2) is 4.79 Å². The maximum atomic E-state index is 12.7. The Morgan fingerprint density at radius 1 is 1.41 bits per heavy atom. The normalized spacial score (nSPS) is 25.7. The predicted molar refractivity (Wildman–Crippen MR) is 85.4 cm³/mol. The van der Waals surface area contributed by atoms with Crippen molar-refractivity contribution in [1.29, 1.82) is 0 Å². The fourth-order valence-electron chi connectivity index (χ4n) is 2.61. The number of aliphatic hydroxyl groups excluding tert-OH is 1. The number of carbonyl (C=O) groups excluding carboxylic acids is 1. The monoisotopic (exact) mass is 306 g/mol. The second-order valence-corrected chi connectivity index (χ2v) is 6.78. The van der Waals surface area contributed by atoms with Crippen molar-refractivity contribution in [2.75, 3.05) is 13.1 Å². The van der Waals surface area contributed by atoms with Crippen molar-refractivity contribution >= 4 is 5.97 Å². The highest BCUT2D eigenvalue weighted by atomic mass is 16.6. The number of hydrogen-bond acceptors (Lipinski definition) is 5. The van der Waals surface area contributed by atoms with Gasteiger partial charge in [0.2, 0.25) is 0 Å². The van der Waals surface area contributed by atoms with Gasteiger partial charge in [0.05, 0.1) is 6.10 Å². The molecule has 122 valence electrons. The zero-order valence-corrected chi connectivity index (χ0v) is 13.6. The third-order valence-corrected chi connectivity index (χ3v) is 3.82. The standard InChI is InChI=1S/C17H26N2O3/c1-16(2,3)22-15(21)17(9-10-18-12-14(17)20)19-11-13-7-5-4-6-8-13/h4-8,14,18-20H,9-12H2,1-3H3/t14-,17-/m1/s1. The van der Waals surface area contributed by atoms with E-state index in [0.29, 0.717) is 26.1 Å². The van der Waals surface area contributed by atoms with Gasteiger partial charge in [0.15, 0.2) is 0 Å². The zero-order chi connectivity index (χ0) is 16.2. The number of carbonyl (C=O) groups is 1. The number of nitrogens with one attached hydrogen (secondary N) is 2. The van der Waals surface area contributed by atoms with E-state index in [-0.39, 0.29) is 5.97 Å². The molecule has 0 aliphatic carbocycles. The minimum absolute atomic E-state index is 0.376. The first-order valence-electron chi connectivity index (χ1n) is 7.75. The van der Waals surface area contributed by atoms with Gasteiger partial charge < -0.3 is 15.2 Å². The molecule has 5 heteroatoms. The Labute approximate surface area is 132 Å². The summed E-state index contributed by atoms with van der Waals surface area (Å²) in [4.78, 5) is 12.7. The fourth-order valence-corrected chi connectivity index (χ4v) is 2.61. The lowest BCUT2D eigenvalue weighted by atomic mass is 9.85. The molecule has 1 aromatic carbocycles. The van der Waals surface area contributed by atoms with Crippen molar-refractivity contribution < 1.29 is 14.6 Å². The van der Waals surface area contributed by atoms with Gasteiger partial charge in [-0.3, -0.25) is 5.32 Å². The molecule has 1 aromatic rings. The first-order valence-corrected chi connectivity index (χ1v) is 7.75. The summed E-state index contributed by atoms with van der Waals surface area (Å²) in [5.41, 5.74) is -0.575. The van der Waals surface area contributed by atoms with E-state index in [1.807, 2.05) is 51.1 Å². The molecule has 1 aliphatic heterocycles. The molecule has 1 fully saturated rings. The van der Waals surface area contributed by atoms with Crippen LogP contribution < -0.4 is 10.6 Å². The lowest BCUT2D eigenvalue weighted by Gasteiger charge is -2.41. The van der Waals surface area contributed by atoms with Gasteiger partial charge in [0.25, 0.3) is 0 Å². The Kier molecular flexibility index (Phi) is 5.21. The molecule has 3 N–H and O–H groups in total. The fraction of sp³-hybridized carbons (Fsp3) is 0.588. The topological polar surface area (TPSA) is 70.6 Å². The van der Waals surface area contributed by atoms with Crippen LogP contribution in [-0.4, -0.2) is 41.4 Å². The molecule has 2 atom stereocenters. The second-order valence-electron chi connectivity index (χ2n) is 6.78. The summed E-state index contributed by atoms with van der Waals surface area (Å²) >= 11 is 0. The van der Waals surface area contributed by atoms with Crippen LogP contribution in [0.2, 0.25) is 0 Å². The van der Waals surface area contributed by atoms with Crippen molar-refractivity contribution in [2.45, 2.75) is 51.0 Å². The van der Waals surface area contributed by atoms with Crippen LogP contribution in [0.15, 0.2) is 30.3 Å². The summed E-state index contributed by atoms with van der Waals surface area (Å²) < 4.78 is 5.55. The average molecular weight is 306 g/mol. The lowest BCUT2D eigenvalue weighted by Crippen LogP contribution is -2.67. The van der Waals surface area contributed by atoms with E-state index >= 15 is 0 Å². The van der Waals surface area contributed by atoms with Crippen LogP contribution in [0.4, 0.5) is 0 Å². The molecular formula is C17H26N2O3. The first-order chi connectivity index (χ1) is 10.3. The molecule has 0 radical (unpaired) electrons. The first kappa shape index (κ1) is 16.9. The molecule has 1 heterocycles. The van der Waals surface area contributed by atoms with Crippen LogP contribution in [-0.2, 0) is 16.1 Å². The van der Waals surface area contributed by atoms with Crippen molar-refractivity contribution in [3.63, 3.8) is 0 Å². The van der Waals surface area contributed by atoms with Crippen LogP contribution in [0.1, 0.15) is 32.8 Å². The van der Waals surface area contributed by atoms with Crippen molar-refractivity contribution in [2.24, 2.45) is 0 Å². The Morgan fingerprint density at radius 2 is 2.09 bits per heavy atom. The summed E-state index contributed by atoms with van der Waals surface area (Å²) in [6.07, 6.45) is -0.324. The predicted octanol–water partition coefficient (Wildman–Crippen LogP) is 1.21. The third kappa shape index (κ3) is 4.06. The van der Waals surface area contributed by atoms with Gasteiger partial charge >= 0.3 is 5.97 Å². The third-order valence-electron chi connectivity index (χ3n) is 3.82. The number of ether oxygens (including phenoxy) is 1. The summed E-state index contributed by atoms with van der Waals surface area (Å²) in [6.45, 7) is 7.06. The summed E-state index contributed by atoms with van der Waals surface area (Å²) in [5.74, 6) is -0.384. The smallest absolute Gasteiger partial charge is 0.329 e. The van der Waals surface area contributed by atoms with E-state index in [9.17, 15) is 9.90 Å². The lowest BCUT2D eigenvalue weighted by molar-refractivity contribution is -0.170. The van der Waals surface area contributed by atoms with E-state index in [1.165, 1.54) is 0 Å². The number of piperidine rings is 1. The van der Waals surface area contributed by atoms with Gasteiger partial charge in [-0.15, -0.1) is 0 Å². The molecule has 1 aliphatic rings. The maximum absolute atomic E-state index is 12.7. The van der Waals surface area contributed by atoms with Crippen LogP contribution in [0.5, 0.6) is 0 Å². The van der Waals surface area contributed by atoms with Crippen LogP contribution in [0.25, 0.3) is 0 Å². The molecule has 0 aromatic heterocycles. The van der Waals surface area contributed by atoms with E-state index in [2.05, 4.69) is 10.6 Å². The van der Waals surface area contributed by atoms with Crippen molar-refractivity contribution in [3.05, 3.63) is 35.9 Å². The number of rotatable bonds is 4. The van der Waals surface area contributed by atoms with Gasteiger partial charge in [-0.1, -0.05) is 30.3 Å². The Morgan fingerprint density at radius 3 is 2.68 bits per heavy atom. The van der Waals surface area contributed by atoms with Crippen LogP contribution in [0, 0.1) is 0 Å². The molecule has 5 nitrogen and oxygen atoms in total. The number of β-amino-alcohol motifs (C(OH)–C–C–N with tert-alkyl or cyclic N) is 1. The Hall–Kier alpha value is -1.43. The van der Waals surface area contributed by atoms with E-state index in [0.717, 1.165) is 5.56 Å². The number of esters is 1. The largest absolute Gasteiger partial charge is 0.459 e. The molecule has 0 unspecified atom stereocenters. The average Bonchev–Trinajstić information content (AvgIpc) is 2.46. The van der Waals surface area contributed by atoms with E-state index in [1.54, 1.807) is 0 Å². The second kappa shape index (κ2) is 6.77. The number of benzene rings is 1. The quantitative estimate of drug-likeness (QED) is 0.730. The number of aliphatic hydroxyl groups is 1. The summed E-state index contributed by atoms with van der Waals surface area (Å²) in [7, 11) is 0. The highest BCUT2D eigenvalue weighted by Gasteiger charge is 2.48. The molecule has 0 bridgehead atoms. The Bertz CT molecular complexity index is 498. The molecule has 2 rings (SSSR count). The maximum Gasteiger partial charge on any atom is 0.329 e. The molecule has 1 saturated heterocycles. The minimum atomic E-state index is -1.06. The summed E-state index contributed by atoms with van der Waals surface area (Å²) in [5, 5.41) is 16.8. The van der Waals surface area contributed by atoms with Gasteiger partial charge in [-0.05, 0) is 39.3 Å². The Balaban J connectivity index is 2.16. The molecule has 22 heavy (non-hydrogen) atoms. The van der Waals surface area contributed by atoms with E-state index in [4.69, 9.17) is 4.74 Å². The molecule has 0 amide bonds. The minimum Gasteiger partial charge on any atom is -0.459 e. The van der Waals surface area contributed by atoms with Crippen LogP contribution >= 0.6 is 0 Å². The van der Waals surface area contributed by atoms with Gasteiger partial charge in [0.1, 0.15) is 11.1 Å². The SMILES string of the molecule is CC(C)(C)OC(=O)[C@@]1(NCc2ccccc2)CCNC[C@H]1O. The number of hydrogen-bond donors (Lipinski definition) is 3. The molecule has 0 saturated carbocycles. The van der Waals surface area contributed by atoms with Gasteiger partial charge in [0, 0.05) is 13.1 Å². The summed E-state index contributed by atoms with van der Waals surface area (Å²) in [6, 6.07) is 9.84. The zero-order valence-electron chi connectivity index (χ0n) is 13.6. The molecule has 0 spiro atoms. The van der Waals surface area contributed by atoms with E-state index < -0.39 is 17.2 Å². The van der Waals surface area contributed by atoms with Crippen LogP contribution in [0.3, 0.4) is 0 Å². The highest BCUT2D eigenvalue weighted by molar-refractivity contribution is 5.82.